The predicted molar refractivity (Wildman–Crippen MR) is 102 cm³/mol. The normalized spacial score (nSPS) is 20.5. The summed E-state index contributed by atoms with van der Waals surface area (Å²) in [6, 6.07) is 0.758. The van der Waals surface area contributed by atoms with Gasteiger partial charge >= 0.3 is 0 Å². The molecule has 1 aliphatic carbocycles. The molecule has 1 aliphatic rings. The van der Waals surface area contributed by atoms with E-state index in [1.54, 1.807) is 0 Å². The van der Waals surface area contributed by atoms with E-state index in [4.69, 9.17) is 0 Å². The second kappa shape index (κ2) is 8.82. The third kappa shape index (κ3) is 4.64. The Labute approximate surface area is 136 Å². The van der Waals surface area contributed by atoms with Crippen LogP contribution in [-0.2, 0) is 0 Å². The highest BCUT2D eigenvalue weighted by Crippen LogP contribution is 2.60. The van der Waals surface area contributed by atoms with Gasteiger partial charge in [-0.1, -0.05) is 60.8 Å². The summed E-state index contributed by atoms with van der Waals surface area (Å²) in [6.45, 7) is 14.9. The van der Waals surface area contributed by atoms with Crippen molar-refractivity contribution < 1.29 is 0 Å². The smallest absolute Gasteiger partial charge is 0.00996 e. The fourth-order valence-corrected chi connectivity index (χ4v) is 10.2. The van der Waals surface area contributed by atoms with Crippen molar-refractivity contribution in [3.8, 4) is 0 Å². The standard InChI is InChI=1S/C19H41NS/c1-15(2)21(16(3)4,17(5)6)14-13-19(20-7)18-11-9-8-10-12-18/h15-20H,8-14H2,1-7H3. The molecule has 1 N–H and O–H groups in total. The van der Waals surface area contributed by atoms with Crippen LogP contribution in [0.5, 0.6) is 0 Å². The predicted octanol–water partition coefficient (Wildman–Crippen LogP) is 5.57. The van der Waals surface area contributed by atoms with Crippen LogP contribution in [0.15, 0.2) is 0 Å². The highest BCUT2D eigenvalue weighted by atomic mass is 32.3. The molecule has 0 amide bonds. The lowest BCUT2D eigenvalue weighted by Crippen LogP contribution is -2.39. The van der Waals surface area contributed by atoms with Gasteiger partial charge in [0, 0.05) is 6.04 Å². The van der Waals surface area contributed by atoms with E-state index in [0.717, 1.165) is 27.7 Å². The molecule has 0 radical (unpaired) electrons. The van der Waals surface area contributed by atoms with E-state index in [1.165, 1.54) is 44.3 Å². The molecule has 1 fully saturated rings. The first-order valence-electron chi connectivity index (χ1n) is 9.31. The minimum atomic E-state index is -0.530. The largest absolute Gasteiger partial charge is 0.317 e. The molecular formula is C19H41NS. The van der Waals surface area contributed by atoms with Crippen molar-refractivity contribution in [3.63, 3.8) is 0 Å². The van der Waals surface area contributed by atoms with E-state index in [-0.39, 0.29) is 0 Å². The maximum absolute atomic E-state index is 3.67. The SMILES string of the molecule is CNC(CCS(C(C)C)(C(C)C)C(C)C)C1CCCCC1. The lowest BCUT2D eigenvalue weighted by Gasteiger charge is -2.52. The van der Waals surface area contributed by atoms with Crippen molar-refractivity contribution in [2.75, 3.05) is 12.8 Å². The molecule has 1 saturated carbocycles. The number of hydrogen-bond donors (Lipinski definition) is 1. The molecule has 1 rings (SSSR count). The molecule has 1 nitrogen and oxygen atoms in total. The van der Waals surface area contributed by atoms with Crippen LogP contribution in [-0.4, -0.2) is 34.6 Å². The van der Waals surface area contributed by atoms with E-state index < -0.39 is 10.0 Å². The van der Waals surface area contributed by atoms with Gasteiger partial charge in [0.05, 0.1) is 0 Å². The van der Waals surface area contributed by atoms with Gasteiger partial charge in [0.2, 0.25) is 0 Å². The zero-order valence-electron chi connectivity index (χ0n) is 15.7. The van der Waals surface area contributed by atoms with Gasteiger partial charge in [-0.25, -0.2) is 10.0 Å². The molecule has 1 atom stereocenters. The minimum Gasteiger partial charge on any atom is -0.317 e. The van der Waals surface area contributed by atoms with Crippen LogP contribution in [0.25, 0.3) is 0 Å². The molecule has 0 heterocycles. The maximum atomic E-state index is 3.67. The molecule has 0 aliphatic heterocycles. The molecule has 0 bridgehead atoms. The fraction of sp³-hybridized carbons (Fsp3) is 1.00. The van der Waals surface area contributed by atoms with Crippen LogP contribution in [0.2, 0.25) is 0 Å². The Balaban J connectivity index is 2.74. The Hall–Kier alpha value is 0.310. The van der Waals surface area contributed by atoms with Gasteiger partial charge in [-0.15, -0.1) is 0 Å². The van der Waals surface area contributed by atoms with Crippen LogP contribution >= 0.6 is 10.0 Å². The average molecular weight is 316 g/mol. The minimum absolute atomic E-state index is 0.530. The molecule has 2 heteroatoms. The summed E-state index contributed by atoms with van der Waals surface area (Å²) < 4.78 is 0. The van der Waals surface area contributed by atoms with Crippen LogP contribution in [0.3, 0.4) is 0 Å². The summed E-state index contributed by atoms with van der Waals surface area (Å²) in [4.78, 5) is 0. The summed E-state index contributed by atoms with van der Waals surface area (Å²) in [7, 11) is 1.66. The van der Waals surface area contributed by atoms with Crippen molar-refractivity contribution >= 4 is 10.0 Å². The van der Waals surface area contributed by atoms with E-state index in [0.29, 0.717) is 0 Å². The molecule has 0 aromatic rings. The van der Waals surface area contributed by atoms with E-state index in [1.807, 2.05) is 0 Å². The van der Waals surface area contributed by atoms with Crippen molar-refractivity contribution in [1.82, 2.24) is 5.32 Å². The highest BCUT2D eigenvalue weighted by molar-refractivity contribution is 8.35. The molecule has 0 spiro atoms. The number of rotatable bonds is 8. The zero-order valence-corrected chi connectivity index (χ0v) is 16.6. The van der Waals surface area contributed by atoms with E-state index >= 15 is 0 Å². The Morgan fingerprint density at radius 3 is 1.71 bits per heavy atom. The molecule has 0 saturated heterocycles. The average Bonchev–Trinajstić information content (AvgIpc) is 2.43. The van der Waals surface area contributed by atoms with Crippen molar-refractivity contribution in [2.24, 2.45) is 5.92 Å². The van der Waals surface area contributed by atoms with Crippen molar-refractivity contribution in [3.05, 3.63) is 0 Å². The number of nitrogens with one attached hydrogen (secondary N) is 1. The topological polar surface area (TPSA) is 12.0 Å². The Bertz CT molecular complexity index is 258. The molecular weight excluding hydrogens is 274 g/mol. The quantitative estimate of drug-likeness (QED) is 0.617. The Morgan fingerprint density at radius 1 is 0.857 bits per heavy atom. The second-order valence-electron chi connectivity index (χ2n) is 7.84. The number of hydrogen-bond acceptors (Lipinski definition) is 1. The second-order valence-corrected chi connectivity index (χ2v) is 12.9. The van der Waals surface area contributed by atoms with Gasteiger partial charge in [-0.3, -0.25) is 0 Å². The van der Waals surface area contributed by atoms with Crippen LogP contribution in [0.4, 0.5) is 0 Å². The maximum Gasteiger partial charge on any atom is 0.00996 e. The monoisotopic (exact) mass is 315 g/mol. The lowest BCUT2D eigenvalue weighted by atomic mass is 9.83. The van der Waals surface area contributed by atoms with E-state index in [9.17, 15) is 0 Å². The zero-order chi connectivity index (χ0) is 16.0. The van der Waals surface area contributed by atoms with Crippen LogP contribution in [0.1, 0.15) is 80.1 Å². The summed E-state index contributed by atoms with van der Waals surface area (Å²) in [5.74, 6) is 2.40. The highest BCUT2D eigenvalue weighted by Gasteiger charge is 2.35. The molecule has 0 aromatic carbocycles. The summed E-state index contributed by atoms with van der Waals surface area (Å²) >= 11 is 0. The summed E-state index contributed by atoms with van der Waals surface area (Å²) in [5, 5.41) is 6.22. The molecule has 0 aromatic heterocycles. The fourth-order valence-electron chi connectivity index (χ4n) is 4.82. The lowest BCUT2D eigenvalue weighted by molar-refractivity contribution is 0.274. The van der Waals surface area contributed by atoms with Gasteiger partial charge in [-0.05, 0) is 53.7 Å². The van der Waals surface area contributed by atoms with Crippen molar-refractivity contribution in [2.45, 2.75) is 102 Å². The summed E-state index contributed by atoms with van der Waals surface area (Å²) in [5.41, 5.74) is 0. The van der Waals surface area contributed by atoms with Gasteiger partial charge in [0.25, 0.3) is 0 Å². The molecule has 128 valence electrons. The van der Waals surface area contributed by atoms with Gasteiger partial charge in [0.1, 0.15) is 0 Å². The molecule has 21 heavy (non-hydrogen) atoms. The molecule has 1 unspecified atom stereocenters. The summed E-state index contributed by atoms with van der Waals surface area (Å²) in [6.07, 6.45) is 8.69. The van der Waals surface area contributed by atoms with Crippen LogP contribution < -0.4 is 5.32 Å². The van der Waals surface area contributed by atoms with Crippen LogP contribution in [0, 0.1) is 5.92 Å². The third-order valence-corrected chi connectivity index (χ3v) is 12.2. The first-order valence-corrected chi connectivity index (χ1v) is 11.3. The van der Waals surface area contributed by atoms with Crippen molar-refractivity contribution in [1.29, 1.82) is 0 Å². The Morgan fingerprint density at radius 2 is 1.33 bits per heavy atom. The first-order chi connectivity index (χ1) is 9.86. The van der Waals surface area contributed by atoms with E-state index in [2.05, 4.69) is 53.9 Å². The Kier molecular flexibility index (Phi) is 8.13. The third-order valence-electron chi connectivity index (χ3n) is 6.01. The van der Waals surface area contributed by atoms with Gasteiger partial charge < -0.3 is 5.32 Å². The van der Waals surface area contributed by atoms with Gasteiger partial charge in [0.15, 0.2) is 0 Å². The first kappa shape index (κ1) is 19.4. The van der Waals surface area contributed by atoms with Gasteiger partial charge in [-0.2, -0.15) is 0 Å².